The largest absolute Gasteiger partial charge is 0.317 e. The molecule has 0 atom stereocenters. The molecule has 0 unspecified atom stereocenters. The summed E-state index contributed by atoms with van der Waals surface area (Å²) in [5, 5.41) is 3.23. The van der Waals surface area contributed by atoms with Crippen molar-refractivity contribution in [2.45, 2.75) is 26.2 Å². The molecule has 0 aliphatic heterocycles. The molecule has 0 aliphatic carbocycles. The van der Waals surface area contributed by atoms with Gasteiger partial charge in [-0.1, -0.05) is 6.92 Å². The second kappa shape index (κ2) is 6.43. The first kappa shape index (κ1) is 11.9. The number of nitrogens with one attached hydrogen (secondary N) is 1. The second-order valence-electron chi connectivity index (χ2n) is 3.09. The Morgan fingerprint density at radius 1 is 1.17 bits per heavy atom. The number of hydrogen-bond acceptors (Lipinski definition) is 3. The standard InChI is InChI=1S/C8H19NO2S/c1-3-6-9-7-4-5-8-12(2,10)11/h9H,3-8H2,1-2H3. The first-order valence-electron chi connectivity index (χ1n) is 4.44. The van der Waals surface area contributed by atoms with Gasteiger partial charge in [0.1, 0.15) is 9.84 Å². The zero-order valence-corrected chi connectivity index (χ0v) is 8.78. The fraction of sp³-hybridized carbons (Fsp3) is 1.00. The maximum Gasteiger partial charge on any atom is 0.147 e. The normalized spacial score (nSPS) is 11.8. The van der Waals surface area contributed by atoms with Gasteiger partial charge in [0.25, 0.3) is 0 Å². The molecule has 0 saturated carbocycles. The topological polar surface area (TPSA) is 46.2 Å². The Hall–Kier alpha value is -0.0900. The summed E-state index contributed by atoms with van der Waals surface area (Å²) >= 11 is 0. The van der Waals surface area contributed by atoms with Crippen LogP contribution in [0.5, 0.6) is 0 Å². The summed E-state index contributed by atoms with van der Waals surface area (Å²) in [7, 11) is -2.74. The van der Waals surface area contributed by atoms with E-state index >= 15 is 0 Å². The van der Waals surface area contributed by atoms with E-state index in [1.54, 1.807) is 0 Å². The number of hydrogen-bond donors (Lipinski definition) is 1. The van der Waals surface area contributed by atoms with Crippen molar-refractivity contribution in [1.29, 1.82) is 0 Å². The van der Waals surface area contributed by atoms with E-state index in [9.17, 15) is 8.42 Å². The van der Waals surface area contributed by atoms with E-state index in [0.717, 1.165) is 32.4 Å². The van der Waals surface area contributed by atoms with Crippen molar-refractivity contribution in [2.24, 2.45) is 0 Å². The van der Waals surface area contributed by atoms with E-state index < -0.39 is 9.84 Å². The predicted molar refractivity (Wildman–Crippen MR) is 52.1 cm³/mol. The molecule has 0 amide bonds. The van der Waals surface area contributed by atoms with Crippen LogP contribution in [-0.4, -0.2) is 33.5 Å². The molecule has 0 bridgehead atoms. The molecule has 0 rings (SSSR count). The number of unbranched alkanes of at least 4 members (excludes halogenated alkanes) is 1. The molecule has 0 heterocycles. The Bertz CT molecular complexity index is 187. The molecule has 0 fully saturated rings. The highest BCUT2D eigenvalue weighted by Crippen LogP contribution is 1.92. The summed E-state index contributed by atoms with van der Waals surface area (Å²) in [6.45, 7) is 4.08. The van der Waals surface area contributed by atoms with Crippen molar-refractivity contribution in [2.75, 3.05) is 25.1 Å². The number of sulfone groups is 1. The minimum atomic E-state index is -2.74. The molecule has 0 saturated heterocycles. The SMILES string of the molecule is CCCNCCCCS(C)(=O)=O. The Balaban J connectivity index is 3.12. The summed E-state index contributed by atoms with van der Waals surface area (Å²) in [5.74, 6) is 0.320. The van der Waals surface area contributed by atoms with Crippen LogP contribution in [0.2, 0.25) is 0 Å². The first-order chi connectivity index (χ1) is 5.56. The first-order valence-corrected chi connectivity index (χ1v) is 6.50. The van der Waals surface area contributed by atoms with E-state index in [4.69, 9.17) is 0 Å². The van der Waals surface area contributed by atoms with Gasteiger partial charge in [-0.15, -0.1) is 0 Å². The van der Waals surface area contributed by atoms with Gasteiger partial charge in [0.15, 0.2) is 0 Å². The van der Waals surface area contributed by atoms with E-state index in [-0.39, 0.29) is 0 Å². The van der Waals surface area contributed by atoms with Crippen LogP contribution >= 0.6 is 0 Å². The summed E-state index contributed by atoms with van der Waals surface area (Å²) in [5.41, 5.74) is 0. The van der Waals surface area contributed by atoms with Gasteiger partial charge in [-0.25, -0.2) is 8.42 Å². The molecule has 74 valence electrons. The lowest BCUT2D eigenvalue weighted by Gasteiger charge is -2.01. The molecule has 4 heteroatoms. The van der Waals surface area contributed by atoms with Gasteiger partial charge >= 0.3 is 0 Å². The monoisotopic (exact) mass is 193 g/mol. The second-order valence-corrected chi connectivity index (χ2v) is 5.35. The van der Waals surface area contributed by atoms with Crippen LogP contribution in [0.1, 0.15) is 26.2 Å². The fourth-order valence-electron chi connectivity index (χ4n) is 0.916. The van der Waals surface area contributed by atoms with Crippen LogP contribution in [0.25, 0.3) is 0 Å². The van der Waals surface area contributed by atoms with Crippen LogP contribution in [0.15, 0.2) is 0 Å². The average Bonchev–Trinajstić information content (AvgIpc) is 1.94. The van der Waals surface area contributed by atoms with E-state index in [2.05, 4.69) is 12.2 Å². The van der Waals surface area contributed by atoms with E-state index in [0.29, 0.717) is 5.75 Å². The lowest BCUT2D eigenvalue weighted by molar-refractivity contribution is 0.591. The van der Waals surface area contributed by atoms with Gasteiger partial charge in [-0.2, -0.15) is 0 Å². The average molecular weight is 193 g/mol. The molecule has 3 nitrogen and oxygen atoms in total. The summed E-state index contributed by atoms with van der Waals surface area (Å²) in [6, 6.07) is 0. The maximum atomic E-state index is 10.7. The molecule has 0 aromatic heterocycles. The summed E-state index contributed by atoms with van der Waals surface area (Å²) in [4.78, 5) is 0. The van der Waals surface area contributed by atoms with Crippen LogP contribution in [0, 0.1) is 0 Å². The highest BCUT2D eigenvalue weighted by molar-refractivity contribution is 7.90. The van der Waals surface area contributed by atoms with Crippen LogP contribution in [0.3, 0.4) is 0 Å². The molecular formula is C8H19NO2S. The lowest BCUT2D eigenvalue weighted by atomic mass is 10.3. The molecule has 0 spiro atoms. The number of rotatable bonds is 7. The quantitative estimate of drug-likeness (QED) is 0.609. The zero-order chi connectivity index (χ0) is 9.45. The smallest absolute Gasteiger partial charge is 0.147 e. The Morgan fingerprint density at radius 2 is 1.83 bits per heavy atom. The minimum absolute atomic E-state index is 0.320. The van der Waals surface area contributed by atoms with Gasteiger partial charge in [0.05, 0.1) is 0 Å². The Morgan fingerprint density at radius 3 is 2.33 bits per heavy atom. The summed E-state index contributed by atoms with van der Waals surface area (Å²) in [6.07, 6.45) is 4.14. The molecule has 0 aromatic rings. The third-order valence-corrected chi connectivity index (χ3v) is 2.58. The predicted octanol–water partition coefficient (Wildman–Crippen LogP) is 0.811. The minimum Gasteiger partial charge on any atom is -0.317 e. The van der Waals surface area contributed by atoms with Gasteiger partial charge in [0, 0.05) is 12.0 Å². The Labute approximate surface area is 75.5 Å². The fourth-order valence-corrected chi connectivity index (χ4v) is 1.64. The zero-order valence-electron chi connectivity index (χ0n) is 7.97. The Kier molecular flexibility index (Phi) is 6.38. The molecule has 0 aromatic carbocycles. The van der Waals surface area contributed by atoms with E-state index in [1.807, 2.05) is 0 Å². The molecule has 0 aliphatic rings. The third-order valence-electron chi connectivity index (χ3n) is 1.55. The molecular weight excluding hydrogens is 174 g/mol. The van der Waals surface area contributed by atoms with Crippen molar-refractivity contribution in [3.05, 3.63) is 0 Å². The highest BCUT2D eigenvalue weighted by atomic mass is 32.2. The molecule has 1 N–H and O–H groups in total. The van der Waals surface area contributed by atoms with Crippen LogP contribution < -0.4 is 5.32 Å². The van der Waals surface area contributed by atoms with Crippen molar-refractivity contribution in [3.63, 3.8) is 0 Å². The summed E-state index contributed by atoms with van der Waals surface area (Å²) < 4.78 is 21.4. The van der Waals surface area contributed by atoms with Crippen molar-refractivity contribution >= 4 is 9.84 Å². The van der Waals surface area contributed by atoms with Crippen molar-refractivity contribution in [1.82, 2.24) is 5.32 Å². The van der Waals surface area contributed by atoms with Gasteiger partial charge in [-0.3, -0.25) is 0 Å². The lowest BCUT2D eigenvalue weighted by Crippen LogP contribution is -2.16. The van der Waals surface area contributed by atoms with E-state index in [1.165, 1.54) is 6.26 Å². The molecule has 12 heavy (non-hydrogen) atoms. The third kappa shape index (κ3) is 9.91. The van der Waals surface area contributed by atoms with Gasteiger partial charge in [0.2, 0.25) is 0 Å². The highest BCUT2D eigenvalue weighted by Gasteiger charge is 1.99. The van der Waals surface area contributed by atoms with Crippen LogP contribution in [-0.2, 0) is 9.84 Å². The molecule has 0 radical (unpaired) electrons. The van der Waals surface area contributed by atoms with Gasteiger partial charge < -0.3 is 5.32 Å². The van der Waals surface area contributed by atoms with Gasteiger partial charge in [-0.05, 0) is 32.4 Å². The van der Waals surface area contributed by atoms with Crippen molar-refractivity contribution < 1.29 is 8.42 Å². The van der Waals surface area contributed by atoms with Crippen LogP contribution in [0.4, 0.5) is 0 Å². The maximum absolute atomic E-state index is 10.7. The van der Waals surface area contributed by atoms with Crippen molar-refractivity contribution in [3.8, 4) is 0 Å².